The van der Waals surface area contributed by atoms with E-state index in [-0.39, 0.29) is 16.8 Å². The van der Waals surface area contributed by atoms with E-state index in [9.17, 15) is 13.2 Å². The Bertz CT molecular complexity index is 1080. The van der Waals surface area contributed by atoms with Gasteiger partial charge in [0.05, 0.1) is 4.90 Å². The second kappa shape index (κ2) is 6.79. The monoisotopic (exact) mass is 399 g/mol. The van der Waals surface area contributed by atoms with E-state index >= 15 is 0 Å². The minimum absolute atomic E-state index is 0.0439. The van der Waals surface area contributed by atoms with E-state index in [1.54, 1.807) is 40.7 Å². The Morgan fingerprint density at radius 3 is 2.70 bits per heavy atom. The number of amides is 1. The lowest BCUT2D eigenvalue weighted by molar-refractivity contribution is 0.0981. The molecule has 6 nitrogen and oxygen atoms in total. The third-order valence-corrected chi connectivity index (χ3v) is 6.62. The quantitative estimate of drug-likeness (QED) is 0.728. The molecular formula is C19H17N3O3S2. The maximum absolute atomic E-state index is 12.9. The summed E-state index contributed by atoms with van der Waals surface area (Å²) in [7, 11) is -3.72. The zero-order valence-electron chi connectivity index (χ0n) is 14.5. The molecule has 4 rings (SSSR count). The molecule has 3 aromatic rings. The molecule has 0 radical (unpaired) electrons. The van der Waals surface area contributed by atoms with Gasteiger partial charge in [-0.25, -0.2) is 13.4 Å². The number of thiazole rings is 1. The second-order valence-electron chi connectivity index (χ2n) is 6.33. The number of hydrogen-bond donors (Lipinski definition) is 1. The Balaban J connectivity index is 1.66. The summed E-state index contributed by atoms with van der Waals surface area (Å²) in [5.74, 6) is -0.0848. The number of benzene rings is 2. The maximum atomic E-state index is 12.9. The van der Waals surface area contributed by atoms with E-state index in [0.717, 1.165) is 11.3 Å². The van der Waals surface area contributed by atoms with Crippen molar-refractivity contribution in [2.75, 3.05) is 9.62 Å². The van der Waals surface area contributed by atoms with Gasteiger partial charge in [0.2, 0.25) is 0 Å². The lowest BCUT2D eigenvalue weighted by Gasteiger charge is -2.23. The first kappa shape index (κ1) is 17.7. The Kier molecular flexibility index (Phi) is 4.45. The Morgan fingerprint density at radius 1 is 1.22 bits per heavy atom. The molecule has 1 aliphatic heterocycles. The number of fused-ring (bicyclic) bond motifs is 1. The number of anilines is 2. The van der Waals surface area contributed by atoms with Crippen molar-refractivity contribution in [2.24, 2.45) is 0 Å². The standard InChI is InChI=1S/C19H17N3O3S2/c1-13-11-15-12-16(27(24,25)21-19-20-9-10-26-19)7-8-17(15)22(13)18(23)14-5-3-2-4-6-14/h2-10,12-13H,11H2,1H3,(H,20,21). The molecule has 1 aromatic heterocycles. The van der Waals surface area contributed by atoms with Crippen LogP contribution in [0, 0.1) is 0 Å². The first-order valence-electron chi connectivity index (χ1n) is 8.39. The van der Waals surface area contributed by atoms with E-state index in [0.29, 0.717) is 17.1 Å². The molecule has 0 fully saturated rings. The molecular weight excluding hydrogens is 382 g/mol. The Morgan fingerprint density at radius 2 is 2.00 bits per heavy atom. The van der Waals surface area contributed by atoms with Gasteiger partial charge in [-0.1, -0.05) is 18.2 Å². The molecule has 1 atom stereocenters. The number of rotatable bonds is 4. The highest BCUT2D eigenvalue weighted by atomic mass is 32.2. The fraction of sp³-hybridized carbons (Fsp3) is 0.158. The summed E-state index contributed by atoms with van der Waals surface area (Å²) >= 11 is 1.22. The van der Waals surface area contributed by atoms with Crippen LogP contribution in [-0.2, 0) is 16.4 Å². The third kappa shape index (κ3) is 3.33. The summed E-state index contributed by atoms with van der Waals surface area (Å²) in [5, 5.41) is 2.03. The van der Waals surface area contributed by atoms with Gasteiger partial charge in [0.1, 0.15) is 0 Å². The molecule has 0 saturated heterocycles. The van der Waals surface area contributed by atoms with Crippen LogP contribution in [0.1, 0.15) is 22.8 Å². The topological polar surface area (TPSA) is 79.4 Å². The summed E-state index contributed by atoms with van der Waals surface area (Å²) < 4.78 is 27.7. The van der Waals surface area contributed by atoms with E-state index in [1.807, 2.05) is 25.1 Å². The number of sulfonamides is 1. The van der Waals surface area contributed by atoms with Crippen molar-refractivity contribution in [3.05, 3.63) is 71.2 Å². The number of nitrogens with zero attached hydrogens (tertiary/aromatic N) is 2. The molecule has 1 amide bonds. The van der Waals surface area contributed by atoms with Crippen molar-refractivity contribution in [2.45, 2.75) is 24.3 Å². The Labute approximate surface area is 161 Å². The summed E-state index contributed by atoms with van der Waals surface area (Å²) in [4.78, 5) is 18.8. The molecule has 1 aliphatic rings. The summed E-state index contributed by atoms with van der Waals surface area (Å²) in [6.07, 6.45) is 2.15. The molecule has 1 N–H and O–H groups in total. The zero-order valence-corrected chi connectivity index (χ0v) is 16.1. The van der Waals surface area contributed by atoms with Crippen molar-refractivity contribution < 1.29 is 13.2 Å². The van der Waals surface area contributed by atoms with E-state index in [2.05, 4.69) is 9.71 Å². The smallest absolute Gasteiger partial charge is 0.263 e. The van der Waals surface area contributed by atoms with Crippen LogP contribution in [0.25, 0.3) is 0 Å². The van der Waals surface area contributed by atoms with Crippen molar-refractivity contribution in [3.8, 4) is 0 Å². The van der Waals surface area contributed by atoms with Crippen molar-refractivity contribution in [1.29, 1.82) is 0 Å². The predicted octanol–water partition coefficient (Wildman–Crippen LogP) is 3.54. The Hall–Kier alpha value is -2.71. The van der Waals surface area contributed by atoms with E-state index in [4.69, 9.17) is 0 Å². The van der Waals surface area contributed by atoms with Gasteiger partial charge in [-0.3, -0.25) is 9.52 Å². The molecule has 0 aliphatic carbocycles. The number of aromatic nitrogens is 1. The van der Waals surface area contributed by atoms with Gasteiger partial charge in [-0.05, 0) is 49.2 Å². The van der Waals surface area contributed by atoms with Gasteiger partial charge >= 0.3 is 0 Å². The predicted molar refractivity (Wildman–Crippen MR) is 106 cm³/mol. The molecule has 0 spiro atoms. The number of nitrogens with one attached hydrogen (secondary N) is 1. The average Bonchev–Trinajstić information content (AvgIpc) is 3.27. The highest BCUT2D eigenvalue weighted by Crippen LogP contribution is 2.35. The minimum Gasteiger partial charge on any atom is -0.305 e. The van der Waals surface area contributed by atoms with Crippen LogP contribution in [0.5, 0.6) is 0 Å². The van der Waals surface area contributed by atoms with E-state index in [1.165, 1.54) is 17.4 Å². The highest BCUT2D eigenvalue weighted by molar-refractivity contribution is 7.93. The van der Waals surface area contributed by atoms with Crippen LogP contribution in [0.3, 0.4) is 0 Å². The fourth-order valence-electron chi connectivity index (χ4n) is 3.25. The first-order chi connectivity index (χ1) is 13.0. The molecule has 138 valence electrons. The van der Waals surface area contributed by atoms with Crippen LogP contribution in [0.4, 0.5) is 10.8 Å². The van der Waals surface area contributed by atoms with Gasteiger partial charge in [-0.15, -0.1) is 11.3 Å². The molecule has 2 heterocycles. The van der Waals surface area contributed by atoms with Crippen LogP contribution in [0.15, 0.2) is 65.0 Å². The maximum Gasteiger partial charge on any atom is 0.263 e. The largest absolute Gasteiger partial charge is 0.305 e. The molecule has 0 bridgehead atoms. The SMILES string of the molecule is CC1Cc2cc(S(=O)(=O)Nc3nccs3)ccc2N1C(=O)c1ccccc1. The zero-order chi connectivity index (χ0) is 19.0. The fourth-order valence-corrected chi connectivity index (χ4v) is 5.09. The van der Waals surface area contributed by atoms with E-state index < -0.39 is 10.0 Å². The van der Waals surface area contributed by atoms with Crippen molar-refractivity contribution in [3.63, 3.8) is 0 Å². The highest BCUT2D eigenvalue weighted by Gasteiger charge is 2.32. The molecule has 2 aromatic carbocycles. The van der Waals surface area contributed by atoms with Gasteiger partial charge in [0, 0.05) is 28.9 Å². The molecule has 27 heavy (non-hydrogen) atoms. The van der Waals surface area contributed by atoms with Gasteiger partial charge in [0.15, 0.2) is 5.13 Å². The number of carbonyl (C=O) groups excluding carboxylic acids is 1. The van der Waals surface area contributed by atoms with Crippen LogP contribution < -0.4 is 9.62 Å². The van der Waals surface area contributed by atoms with Crippen LogP contribution in [-0.4, -0.2) is 25.4 Å². The summed E-state index contributed by atoms with van der Waals surface area (Å²) in [5.41, 5.74) is 2.21. The van der Waals surface area contributed by atoms with Crippen molar-refractivity contribution >= 4 is 38.1 Å². The first-order valence-corrected chi connectivity index (χ1v) is 10.8. The molecule has 1 unspecified atom stereocenters. The van der Waals surface area contributed by atoms with Crippen LogP contribution >= 0.6 is 11.3 Å². The van der Waals surface area contributed by atoms with Crippen LogP contribution in [0.2, 0.25) is 0 Å². The van der Waals surface area contributed by atoms with Gasteiger partial charge in [0.25, 0.3) is 15.9 Å². The summed E-state index contributed by atoms with van der Waals surface area (Å²) in [6, 6.07) is 13.9. The lowest BCUT2D eigenvalue weighted by Crippen LogP contribution is -2.35. The van der Waals surface area contributed by atoms with Gasteiger partial charge < -0.3 is 4.90 Å². The molecule has 0 saturated carbocycles. The normalized spacial score (nSPS) is 16.2. The lowest BCUT2D eigenvalue weighted by atomic mass is 10.1. The average molecular weight is 399 g/mol. The number of hydrogen-bond acceptors (Lipinski definition) is 5. The minimum atomic E-state index is -3.72. The second-order valence-corrected chi connectivity index (χ2v) is 8.90. The number of carbonyl (C=O) groups is 1. The summed E-state index contributed by atoms with van der Waals surface area (Å²) in [6.45, 7) is 1.96. The third-order valence-electron chi connectivity index (χ3n) is 4.47. The molecule has 8 heteroatoms. The van der Waals surface area contributed by atoms with Crippen molar-refractivity contribution in [1.82, 2.24) is 4.98 Å². The van der Waals surface area contributed by atoms with Gasteiger partial charge in [-0.2, -0.15) is 0 Å².